The van der Waals surface area contributed by atoms with Gasteiger partial charge in [-0.15, -0.1) is 11.3 Å². The van der Waals surface area contributed by atoms with E-state index in [1.165, 1.54) is 6.07 Å². The zero-order valence-electron chi connectivity index (χ0n) is 10.5. The number of aliphatic hydroxyl groups is 1. The van der Waals surface area contributed by atoms with Gasteiger partial charge >= 0.3 is 0 Å². The van der Waals surface area contributed by atoms with Crippen LogP contribution < -0.4 is 5.32 Å². The molecule has 0 aromatic carbocycles. The molecular formula is C11H16Cl2N2O2S. The zero-order chi connectivity index (χ0) is 13.9. The summed E-state index contributed by atoms with van der Waals surface area (Å²) in [5, 5.41) is 12.7. The quantitative estimate of drug-likeness (QED) is 0.875. The summed E-state index contributed by atoms with van der Waals surface area (Å²) in [6, 6.07) is 1.52. The molecule has 1 amide bonds. The summed E-state index contributed by atoms with van der Waals surface area (Å²) in [6.07, 6.45) is 0. The number of carbonyl (C=O) groups excluding carboxylic acids is 1. The highest BCUT2D eigenvalue weighted by molar-refractivity contribution is 7.20. The third kappa shape index (κ3) is 4.74. The topological polar surface area (TPSA) is 52.6 Å². The molecule has 0 radical (unpaired) electrons. The van der Waals surface area contributed by atoms with E-state index < -0.39 is 5.60 Å². The lowest BCUT2D eigenvalue weighted by atomic mass is 10.1. The largest absolute Gasteiger partial charge is 0.387 e. The highest BCUT2D eigenvalue weighted by Gasteiger charge is 2.23. The van der Waals surface area contributed by atoms with Gasteiger partial charge in [0.25, 0.3) is 5.91 Å². The van der Waals surface area contributed by atoms with Gasteiger partial charge in [0.1, 0.15) is 4.34 Å². The number of hydrogen-bond donors (Lipinski definition) is 2. The molecule has 0 saturated carbocycles. The number of nitrogens with zero attached hydrogens (tertiary/aromatic N) is 1. The Labute approximate surface area is 120 Å². The first-order valence-corrected chi connectivity index (χ1v) is 6.89. The number of carbonyl (C=O) groups is 1. The summed E-state index contributed by atoms with van der Waals surface area (Å²) in [4.78, 5) is 13.7. The van der Waals surface area contributed by atoms with E-state index in [-0.39, 0.29) is 12.5 Å². The van der Waals surface area contributed by atoms with E-state index in [2.05, 4.69) is 5.32 Å². The monoisotopic (exact) mass is 310 g/mol. The Morgan fingerprint density at radius 1 is 1.56 bits per heavy atom. The minimum absolute atomic E-state index is 0.147. The van der Waals surface area contributed by atoms with Crippen LogP contribution in [0, 0.1) is 0 Å². The van der Waals surface area contributed by atoms with E-state index in [0.29, 0.717) is 20.8 Å². The first-order chi connectivity index (χ1) is 8.21. The van der Waals surface area contributed by atoms with Crippen molar-refractivity contribution in [3.8, 4) is 0 Å². The molecule has 1 rings (SSSR count). The first kappa shape index (κ1) is 15.7. The van der Waals surface area contributed by atoms with Crippen LogP contribution in [0.2, 0.25) is 8.67 Å². The van der Waals surface area contributed by atoms with Crippen LogP contribution in [0.15, 0.2) is 6.07 Å². The Balaban J connectivity index is 2.59. The number of likely N-dealkylation sites (N-methyl/N-ethyl adjacent to an activating group) is 1. The molecule has 0 aliphatic heterocycles. The summed E-state index contributed by atoms with van der Waals surface area (Å²) in [5.41, 5.74) is -0.654. The van der Waals surface area contributed by atoms with Gasteiger partial charge in [0.15, 0.2) is 0 Å². The van der Waals surface area contributed by atoms with Crippen molar-refractivity contribution in [3.63, 3.8) is 0 Å². The van der Waals surface area contributed by atoms with Gasteiger partial charge < -0.3 is 15.3 Å². The van der Waals surface area contributed by atoms with E-state index in [1.807, 2.05) is 19.0 Å². The number of halogens is 2. The predicted molar refractivity (Wildman–Crippen MR) is 75.9 cm³/mol. The standard InChI is InChI=1S/C11H16Cl2N2O2S/c1-11(17,6-15(2)3)5-14-10(16)7-4-8(12)18-9(7)13/h4,17H,5-6H2,1-3H3,(H,14,16). The zero-order valence-corrected chi connectivity index (χ0v) is 12.8. The van der Waals surface area contributed by atoms with Crippen LogP contribution >= 0.6 is 34.5 Å². The lowest BCUT2D eigenvalue weighted by molar-refractivity contribution is 0.0326. The highest BCUT2D eigenvalue weighted by Crippen LogP contribution is 2.30. The third-order valence-corrected chi connectivity index (χ3v) is 3.68. The lowest BCUT2D eigenvalue weighted by Crippen LogP contribution is -2.47. The van der Waals surface area contributed by atoms with Gasteiger partial charge in [-0.05, 0) is 27.1 Å². The second-order valence-electron chi connectivity index (χ2n) is 4.66. The van der Waals surface area contributed by atoms with Crippen LogP contribution in [0.5, 0.6) is 0 Å². The summed E-state index contributed by atoms with van der Waals surface area (Å²) >= 11 is 12.8. The lowest BCUT2D eigenvalue weighted by Gasteiger charge is -2.27. The van der Waals surface area contributed by atoms with E-state index in [1.54, 1.807) is 6.92 Å². The van der Waals surface area contributed by atoms with Gasteiger partial charge in [-0.1, -0.05) is 23.2 Å². The fraction of sp³-hybridized carbons (Fsp3) is 0.545. The van der Waals surface area contributed by atoms with Crippen LogP contribution in [0.3, 0.4) is 0 Å². The molecule has 1 aromatic heterocycles. The fourth-order valence-electron chi connectivity index (χ4n) is 1.60. The average molecular weight is 311 g/mol. The van der Waals surface area contributed by atoms with Gasteiger partial charge in [-0.2, -0.15) is 0 Å². The fourth-order valence-corrected chi connectivity index (χ4v) is 3.06. The number of rotatable bonds is 5. The van der Waals surface area contributed by atoms with Gasteiger partial charge in [0, 0.05) is 13.1 Å². The normalized spacial score (nSPS) is 14.6. The van der Waals surface area contributed by atoms with E-state index in [4.69, 9.17) is 23.2 Å². The van der Waals surface area contributed by atoms with Crippen molar-refractivity contribution in [2.45, 2.75) is 12.5 Å². The number of amides is 1. The van der Waals surface area contributed by atoms with Crippen molar-refractivity contribution < 1.29 is 9.90 Å². The maximum absolute atomic E-state index is 11.8. The SMILES string of the molecule is CN(C)CC(C)(O)CNC(=O)c1cc(Cl)sc1Cl. The Bertz CT molecular complexity index is 433. The molecule has 0 saturated heterocycles. The van der Waals surface area contributed by atoms with Crippen molar-refractivity contribution in [2.24, 2.45) is 0 Å². The molecule has 0 aliphatic rings. The molecule has 1 aromatic rings. The minimum atomic E-state index is -0.995. The third-order valence-electron chi connectivity index (χ3n) is 2.19. The molecule has 4 nitrogen and oxygen atoms in total. The van der Waals surface area contributed by atoms with Crippen molar-refractivity contribution in [2.75, 3.05) is 27.2 Å². The van der Waals surface area contributed by atoms with Gasteiger partial charge in [-0.25, -0.2) is 0 Å². The van der Waals surface area contributed by atoms with Crippen molar-refractivity contribution >= 4 is 40.4 Å². The number of nitrogens with one attached hydrogen (secondary N) is 1. The van der Waals surface area contributed by atoms with Crippen LogP contribution in [0.1, 0.15) is 17.3 Å². The Kier molecular flexibility index (Phi) is 5.43. The van der Waals surface area contributed by atoms with Crippen molar-refractivity contribution in [3.05, 3.63) is 20.3 Å². The average Bonchev–Trinajstić information content (AvgIpc) is 2.52. The van der Waals surface area contributed by atoms with Crippen LogP contribution in [0.4, 0.5) is 0 Å². The highest BCUT2D eigenvalue weighted by atomic mass is 35.5. The molecule has 102 valence electrons. The van der Waals surface area contributed by atoms with E-state index in [9.17, 15) is 9.90 Å². The van der Waals surface area contributed by atoms with E-state index in [0.717, 1.165) is 11.3 Å². The molecule has 2 N–H and O–H groups in total. The van der Waals surface area contributed by atoms with Crippen LogP contribution in [0.25, 0.3) is 0 Å². The Morgan fingerprint density at radius 2 is 2.17 bits per heavy atom. The Hall–Kier alpha value is -0.330. The second kappa shape index (κ2) is 6.21. The Morgan fingerprint density at radius 3 is 2.61 bits per heavy atom. The molecule has 18 heavy (non-hydrogen) atoms. The predicted octanol–water partition coefficient (Wildman–Crippen LogP) is 2.10. The number of hydrogen-bond acceptors (Lipinski definition) is 4. The number of thiophene rings is 1. The minimum Gasteiger partial charge on any atom is -0.387 e. The van der Waals surface area contributed by atoms with Gasteiger partial charge in [0.2, 0.25) is 0 Å². The molecule has 0 bridgehead atoms. The van der Waals surface area contributed by atoms with Gasteiger partial charge in [-0.3, -0.25) is 4.79 Å². The molecule has 1 atom stereocenters. The van der Waals surface area contributed by atoms with Crippen LogP contribution in [-0.2, 0) is 0 Å². The van der Waals surface area contributed by atoms with Gasteiger partial charge in [0.05, 0.1) is 15.5 Å². The molecule has 7 heteroatoms. The molecule has 1 unspecified atom stereocenters. The van der Waals surface area contributed by atoms with Crippen molar-refractivity contribution in [1.29, 1.82) is 0 Å². The second-order valence-corrected chi connectivity index (χ2v) is 6.94. The van der Waals surface area contributed by atoms with Crippen LogP contribution in [-0.4, -0.2) is 48.7 Å². The van der Waals surface area contributed by atoms with Crippen molar-refractivity contribution in [1.82, 2.24) is 10.2 Å². The molecule has 1 heterocycles. The molecule has 0 aliphatic carbocycles. The summed E-state index contributed by atoms with van der Waals surface area (Å²) in [7, 11) is 3.71. The molecule has 0 fully saturated rings. The maximum atomic E-state index is 11.8. The summed E-state index contributed by atoms with van der Waals surface area (Å²) in [5.74, 6) is -0.331. The molecular weight excluding hydrogens is 295 g/mol. The molecule has 0 spiro atoms. The van der Waals surface area contributed by atoms with E-state index >= 15 is 0 Å². The smallest absolute Gasteiger partial charge is 0.253 e. The maximum Gasteiger partial charge on any atom is 0.253 e. The summed E-state index contributed by atoms with van der Waals surface area (Å²) in [6.45, 7) is 2.26. The first-order valence-electron chi connectivity index (χ1n) is 5.31. The summed E-state index contributed by atoms with van der Waals surface area (Å²) < 4.78 is 0.815.